The van der Waals surface area contributed by atoms with Crippen molar-refractivity contribution < 1.29 is 0 Å². The predicted molar refractivity (Wildman–Crippen MR) is 140 cm³/mol. The summed E-state index contributed by atoms with van der Waals surface area (Å²) >= 11 is 6.34. The number of fused-ring (bicyclic) bond motifs is 5. The molecule has 0 aromatic heterocycles. The molecule has 0 radical (unpaired) electrons. The van der Waals surface area contributed by atoms with Crippen molar-refractivity contribution in [3.63, 3.8) is 0 Å². The molecule has 8 atom stereocenters. The molecular formula is C29H44ClNSi. The minimum atomic E-state index is -1.32. The van der Waals surface area contributed by atoms with Crippen molar-refractivity contribution in [1.82, 2.24) is 0 Å². The van der Waals surface area contributed by atoms with Gasteiger partial charge in [0.15, 0.2) is 0 Å². The molecule has 176 valence electrons. The number of hydrogen-bond acceptors (Lipinski definition) is 1. The summed E-state index contributed by atoms with van der Waals surface area (Å²) in [5.41, 5.74) is 3.64. The van der Waals surface area contributed by atoms with Gasteiger partial charge in [0.1, 0.15) is 0 Å². The Morgan fingerprint density at radius 2 is 1.47 bits per heavy atom. The molecule has 0 N–H and O–H groups in total. The third-order valence-corrected chi connectivity index (χ3v) is 16.7. The quantitative estimate of drug-likeness (QED) is 0.399. The van der Waals surface area contributed by atoms with E-state index in [1.807, 2.05) is 0 Å². The van der Waals surface area contributed by atoms with E-state index in [1.54, 1.807) is 12.8 Å². The molecule has 4 aliphatic carbocycles. The molecule has 5 aliphatic rings. The fourth-order valence-electron chi connectivity index (χ4n) is 10.1. The van der Waals surface area contributed by atoms with Gasteiger partial charge in [-0.3, -0.25) is 0 Å². The van der Waals surface area contributed by atoms with E-state index in [4.69, 9.17) is 11.6 Å². The van der Waals surface area contributed by atoms with E-state index in [-0.39, 0.29) is 0 Å². The molecule has 6 rings (SSSR count). The second-order valence-electron chi connectivity index (χ2n) is 13.0. The van der Waals surface area contributed by atoms with Gasteiger partial charge in [-0.1, -0.05) is 76.6 Å². The lowest BCUT2D eigenvalue weighted by atomic mass is 9.73. The molecule has 5 fully saturated rings. The normalized spacial score (nSPS) is 42.1. The minimum absolute atomic E-state index is 0.779. The van der Waals surface area contributed by atoms with Gasteiger partial charge >= 0.3 is 0 Å². The van der Waals surface area contributed by atoms with Crippen LogP contribution in [0.5, 0.6) is 0 Å². The van der Waals surface area contributed by atoms with Gasteiger partial charge in [-0.25, -0.2) is 0 Å². The third kappa shape index (κ3) is 3.36. The first-order chi connectivity index (χ1) is 15.5. The number of hydrogen-bond donors (Lipinski definition) is 0. The Morgan fingerprint density at radius 1 is 0.812 bits per heavy atom. The van der Waals surface area contributed by atoms with Crippen LogP contribution in [0.15, 0.2) is 24.3 Å². The largest absolute Gasteiger partial charge is 0.365 e. The van der Waals surface area contributed by atoms with E-state index in [0.29, 0.717) is 0 Å². The van der Waals surface area contributed by atoms with Crippen molar-refractivity contribution >= 4 is 25.4 Å². The highest BCUT2D eigenvalue weighted by atomic mass is 35.5. The third-order valence-electron chi connectivity index (χ3n) is 11.3. The summed E-state index contributed by atoms with van der Waals surface area (Å²) in [6, 6.07) is 10.6. The van der Waals surface area contributed by atoms with Crippen molar-refractivity contribution in [2.45, 2.75) is 114 Å². The van der Waals surface area contributed by atoms with Crippen molar-refractivity contribution in [1.29, 1.82) is 0 Å². The number of nitrogens with zero attached hydrogens (tertiary/aromatic N) is 1. The maximum atomic E-state index is 6.34. The summed E-state index contributed by atoms with van der Waals surface area (Å²) in [5.74, 6) is 4.79. The fourth-order valence-corrected chi connectivity index (χ4v) is 15.6. The predicted octanol–water partition coefficient (Wildman–Crippen LogP) is 8.79. The van der Waals surface area contributed by atoms with Crippen LogP contribution in [0, 0.1) is 29.6 Å². The molecule has 1 saturated heterocycles. The van der Waals surface area contributed by atoms with Gasteiger partial charge in [0, 0.05) is 22.8 Å². The van der Waals surface area contributed by atoms with Crippen molar-refractivity contribution in [2.75, 3.05) is 4.90 Å². The average Bonchev–Trinajstić information content (AvgIpc) is 3.49. The Hall–Kier alpha value is -0.473. The van der Waals surface area contributed by atoms with Gasteiger partial charge in [-0.15, -0.1) is 0 Å². The second-order valence-corrected chi connectivity index (χ2v) is 18.6. The van der Waals surface area contributed by atoms with E-state index < -0.39 is 8.07 Å². The Bertz CT molecular complexity index is 815. The zero-order valence-electron chi connectivity index (χ0n) is 20.6. The van der Waals surface area contributed by atoms with Crippen LogP contribution < -0.4 is 4.90 Å². The molecule has 0 amide bonds. The first-order valence-corrected chi connectivity index (χ1v) is 17.5. The number of rotatable bonds is 3. The van der Waals surface area contributed by atoms with E-state index in [9.17, 15) is 0 Å². The highest BCUT2D eigenvalue weighted by Crippen LogP contribution is 2.67. The Kier molecular flexibility index (Phi) is 5.73. The molecule has 4 saturated carbocycles. The SMILES string of the molecule is CC1CCC2C(C1)C1C(C3CCCCC3C1[Si](C)(C)C1CCCC1)N2c1ccc(Cl)cc1. The Morgan fingerprint density at radius 3 is 2.19 bits per heavy atom. The van der Waals surface area contributed by atoms with Crippen LogP contribution >= 0.6 is 11.6 Å². The van der Waals surface area contributed by atoms with Crippen molar-refractivity contribution in [3.05, 3.63) is 29.3 Å². The molecule has 8 unspecified atom stereocenters. The first kappa shape index (κ1) is 22.0. The zero-order chi connectivity index (χ0) is 22.0. The van der Waals surface area contributed by atoms with E-state index in [1.165, 1.54) is 63.5 Å². The monoisotopic (exact) mass is 469 g/mol. The zero-order valence-corrected chi connectivity index (χ0v) is 22.4. The van der Waals surface area contributed by atoms with Crippen LogP contribution in [0.3, 0.4) is 0 Å². The maximum absolute atomic E-state index is 6.34. The first-order valence-electron chi connectivity index (χ1n) is 14.0. The number of benzene rings is 1. The van der Waals surface area contributed by atoms with Gasteiger partial charge < -0.3 is 4.90 Å². The van der Waals surface area contributed by atoms with E-state index >= 15 is 0 Å². The summed E-state index contributed by atoms with van der Waals surface area (Å²) in [5, 5.41) is 0.882. The van der Waals surface area contributed by atoms with Crippen LogP contribution in [0.25, 0.3) is 0 Å². The van der Waals surface area contributed by atoms with E-state index in [2.05, 4.69) is 49.2 Å². The molecule has 1 heterocycles. The molecule has 1 aliphatic heterocycles. The fraction of sp³-hybridized carbons (Fsp3) is 0.793. The lowest BCUT2D eigenvalue weighted by Gasteiger charge is -2.47. The molecular weight excluding hydrogens is 426 g/mol. The highest BCUT2D eigenvalue weighted by molar-refractivity contribution is 6.80. The van der Waals surface area contributed by atoms with Crippen LogP contribution in [0.2, 0.25) is 29.2 Å². The summed E-state index contributed by atoms with van der Waals surface area (Å²) in [6.07, 6.45) is 16.5. The molecule has 0 spiro atoms. The molecule has 1 aromatic rings. The standard InChI is InChI=1S/C29H44ClNSi/c1-19-12-17-26-25(18-19)27-28(31(26)21-15-13-20(30)14-16-21)23-10-6-7-11-24(23)29(27)32(2,3)22-8-4-5-9-22/h13-16,19,22-29H,4-12,17-18H2,1-3H3. The maximum Gasteiger partial charge on any atom is 0.0542 e. The van der Waals surface area contributed by atoms with Crippen LogP contribution in [0.4, 0.5) is 5.69 Å². The van der Waals surface area contributed by atoms with Crippen molar-refractivity contribution in [3.8, 4) is 0 Å². The number of halogens is 1. The Balaban J connectivity index is 1.45. The second kappa shape index (κ2) is 8.33. The lowest BCUT2D eigenvalue weighted by Crippen LogP contribution is -2.46. The smallest absolute Gasteiger partial charge is 0.0542 e. The van der Waals surface area contributed by atoms with Crippen LogP contribution in [0.1, 0.15) is 77.6 Å². The lowest BCUT2D eigenvalue weighted by molar-refractivity contribution is 0.205. The highest BCUT2D eigenvalue weighted by Gasteiger charge is 2.66. The Labute approximate surface area is 202 Å². The number of anilines is 1. The molecule has 1 nitrogen and oxygen atoms in total. The minimum Gasteiger partial charge on any atom is -0.365 e. The summed E-state index contributed by atoms with van der Waals surface area (Å²) in [7, 11) is -1.32. The van der Waals surface area contributed by atoms with E-state index in [0.717, 1.165) is 57.8 Å². The van der Waals surface area contributed by atoms with Crippen molar-refractivity contribution in [2.24, 2.45) is 29.6 Å². The van der Waals surface area contributed by atoms with Crippen LogP contribution in [-0.2, 0) is 0 Å². The molecule has 3 heteroatoms. The summed E-state index contributed by atoms with van der Waals surface area (Å²) in [4.78, 5) is 3.01. The summed E-state index contributed by atoms with van der Waals surface area (Å²) < 4.78 is 0. The average molecular weight is 470 g/mol. The van der Waals surface area contributed by atoms with Gasteiger partial charge in [0.2, 0.25) is 0 Å². The molecule has 0 bridgehead atoms. The van der Waals surface area contributed by atoms with Gasteiger partial charge in [0.25, 0.3) is 0 Å². The van der Waals surface area contributed by atoms with Crippen LogP contribution in [-0.4, -0.2) is 20.2 Å². The van der Waals surface area contributed by atoms with Gasteiger partial charge in [-0.2, -0.15) is 0 Å². The molecule has 1 aromatic carbocycles. The topological polar surface area (TPSA) is 3.24 Å². The van der Waals surface area contributed by atoms with Gasteiger partial charge in [0.05, 0.1) is 8.07 Å². The van der Waals surface area contributed by atoms with Gasteiger partial charge in [-0.05, 0) is 90.6 Å². The molecule has 32 heavy (non-hydrogen) atoms. The summed E-state index contributed by atoms with van der Waals surface area (Å²) in [6.45, 7) is 8.26.